The zero-order valence-electron chi connectivity index (χ0n) is 37.1. The molecule has 7 rings (SSSR count). The lowest BCUT2D eigenvalue weighted by atomic mass is 9.79. The zero-order valence-corrected chi connectivity index (χ0v) is 37.9. The summed E-state index contributed by atoms with van der Waals surface area (Å²) in [4.78, 5) is 69.4. The quantitative estimate of drug-likeness (QED) is 0.195. The van der Waals surface area contributed by atoms with Gasteiger partial charge in [-0.2, -0.15) is 0 Å². The number of hydrazine groups is 1. The van der Waals surface area contributed by atoms with Gasteiger partial charge in [0.2, 0.25) is 5.91 Å². The van der Waals surface area contributed by atoms with E-state index < -0.39 is 24.0 Å². The van der Waals surface area contributed by atoms with E-state index in [1.54, 1.807) is 26.2 Å². The summed E-state index contributed by atoms with van der Waals surface area (Å²) < 4.78 is 13.5. The van der Waals surface area contributed by atoms with Gasteiger partial charge in [-0.15, -0.1) is 11.3 Å². The number of pyridine rings is 1. The monoisotopic (exact) mass is 854 g/mol. The van der Waals surface area contributed by atoms with Crippen LogP contribution in [0.5, 0.6) is 0 Å². The number of ketones is 1. The number of benzene rings is 1. The fourth-order valence-electron chi connectivity index (χ4n) is 9.20. The lowest BCUT2D eigenvalue weighted by Crippen LogP contribution is -2.64. The largest absolute Gasteiger partial charge is 0.378 e. The number of thiazole rings is 1. The molecule has 6 heterocycles. The number of rotatable bonds is 9. The highest BCUT2D eigenvalue weighted by Gasteiger charge is 2.40. The van der Waals surface area contributed by atoms with Crippen LogP contribution in [0.2, 0.25) is 0 Å². The molecular formula is C46H62N8O6S. The molecule has 0 aliphatic carbocycles. The molecule has 0 saturated carbocycles. The van der Waals surface area contributed by atoms with Gasteiger partial charge in [-0.05, 0) is 80.7 Å². The smallest absolute Gasteiger partial charge is 0.320 e. The minimum Gasteiger partial charge on any atom is -0.378 e. The Kier molecular flexibility index (Phi) is 13.3. The second-order valence-electron chi connectivity index (χ2n) is 18.0. The lowest BCUT2D eigenvalue weighted by molar-refractivity contribution is -0.143. The number of aromatic nitrogens is 3. The number of aryl methyl sites for hydroxylation is 1. The highest BCUT2D eigenvalue weighted by molar-refractivity contribution is 7.10. The summed E-state index contributed by atoms with van der Waals surface area (Å²) in [6.07, 6.45) is 4.65. The Bertz CT molecular complexity index is 2260. The van der Waals surface area contributed by atoms with Crippen molar-refractivity contribution in [3.8, 4) is 22.5 Å². The van der Waals surface area contributed by atoms with Crippen LogP contribution in [0, 0.1) is 11.3 Å². The third-order valence-electron chi connectivity index (χ3n) is 12.8. The van der Waals surface area contributed by atoms with Crippen LogP contribution in [0.15, 0.2) is 41.9 Å². The number of amides is 4. The number of nitrogens with one attached hydrogen (secondary N) is 2. The Balaban J connectivity index is 1.29. The molecule has 3 aliphatic heterocycles. The van der Waals surface area contributed by atoms with Gasteiger partial charge >= 0.3 is 6.03 Å². The first-order valence-electron chi connectivity index (χ1n) is 21.7. The van der Waals surface area contributed by atoms with Crippen molar-refractivity contribution in [3.63, 3.8) is 0 Å². The number of Topliss-reactive ketones (excluding diaryl/α,β-unsaturated/α-hetero) is 1. The number of carbonyl (C=O) groups excluding carboxylic acids is 4. The molecule has 15 heteroatoms. The Hall–Kier alpha value is -4.70. The van der Waals surface area contributed by atoms with Gasteiger partial charge in [0.15, 0.2) is 5.78 Å². The highest BCUT2D eigenvalue weighted by atomic mass is 32.1. The molecule has 61 heavy (non-hydrogen) atoms. The van der Waals surface area contributed by atoms with E-state index in [1.807, 2.05) is 38.4 Å². The van der Waals surface area contributed by atoms with Gasteiger partial charge in [-0.1, -0.05) is 33.8 Å². The number of carbonyl (C=O) groups is 4. The predicted molar refractivity (Wildman–Crippen MR) is 237 cm³/mol. The van der Waals surface area contributed by atoms with Crippen molar-refractivity contribution in [3.05, 3.63) is 58.2 Å². The molecule has 4 aromatic rings. The first-order chi connectivity index (χ1) is 29.1. The summed E-state index contributed by atoms with van der Waals surface area (Å²) in [5, 5.41) is 8.36. The van der Waals surface area contributed by atoms with Gasteiger partial charge in [0, 0.05) is 80.8 Å². The molecule has 2 fully saturated rings. The van der Waals surface area contributed by atoms with Crippen molar-refractivity contribution in [1.82, 2.24) is 40.1 Å². The van der Waals surface area contributed by atoms with Crippen LogP contribution in [0.25, 0.3) is 33.4 Å². The third-order valence-corrected chi connectivity index (χ3v) is 13.6. The van der Waals surface area contributed by atoms with E-state index in [2.05, 4.69) is 60.3 Å². The molecule has 3 aromatic heterocycles. The number of fused-ring (bicyclic) bond motifs is 6. The van der Waals surface area contributed by atoms with Crippen molar-refractivity contribution in [2.45, 2.75) is 117 Å². The summed E-state index contributed by atoms with van der Waals surface area (Å²) in [5.41, 5.74) is 10.0. The number of hydrogen-bond acceptors (Lipinski definition) is 10. The molecule has 0 unspecified atom stereocenters. The molecule has 6 bridgehead atoms. The Morgan fingerprint density at radius 2 is 1.90 bits per heavy atom. The summed E-state index contributed by atoms with van der Waals surface area (Å²) in [5.74, 6) is -0.960. The molecule has 2 saturated heterocycles. The number of urea groups is 1. The normalized spacial score (nSPS) is 21.0. The van der Waals surface area contributed by atoms with Gasteiger partial charge in [-0.25, -0.2) is 15.2 Å². The van der Waals surface area contributed by atoms with Crippen LogP contribution >= 0.6 is 11.3 Å². The van der Waals surface area contributed by atoms with Gasteiger partial charge in [-0.3, -0.25) is 24.4 Å². The Labute approximate surface area is 363 Å². The molecule has 1 aromatic carbocycles. The van der Waals surface area contributed by atoms with Crippen LogP contribution in [0.1, 0.15) is 89.6 Å². The summed E-state index contributed by atoms with van der Waals surface area (Å²) >= 11 is 1.44. The minimum absolute atomic E-state index is 0.0279. The van der Waals surface area contributed by atoms with Gasteiger partial charge in [0.05, 0.1) is 53.4 Å². The number of likely N-dealkylation sites (tertiary alicyclic amines) is 1. The van der Waals surface area contributed by atoms with Crippen molar-refractivity contribution < 1.29 is 28.7 Å². The van der Waals surface area contributed by atoms with E-state index in [0.29, 0.717) is 56.7 Å². The number of ether oxygens (including phenoxy) is 2. The Morgan fingerprint density at radius 3 is 2.61 bits per heavy atom. The Morgan fingerprint density at radius 1 is 1.13 bits per heavy atom. The summed E-state index contributed by atoms with van der Waals surface area (Å²) in [6.45, 7) is 14.4. The molecule has 0 spiro atoms. The van der Waals surface area contributed by atoms with E-state index in [1.165, 1.54) is 26.8 Å². The average molecular weight is 855 g/mol. The van der Waals surface area contributed by atoms with Crippen molar-refractivity contribution in [1.29, 1.82) is 0 Å². The molecule has 0 radical (unpaired) electrons. The second-order valence-corrected chi connectivity index (χ2v) is 18.9. The first-order valence-corrected chi connectivity index (χ1v) is 22.6. The maximum Gasteiger partial charge on any atom is 0.320 e. The van der Waals surface area contributed by atoms with Crippen molar-refractivity contribution in [2.75, 3.05) is 40.9 Å². The molecule has 328 valence electrons. The number of methoxy groups -OCH3 is 2. The van der Waals surface area contributed by atoms with Gasteiger partial charge in [0.25, 0.3) is 5.91 Å². The second kappa shape index (κ2) is 18.3. The number of likely N-dealkylation sites (N-methyl/N-ethyl adjacent to an activating group) is 1. The van der Waals surface area contributed by atoms with Crippen LogP contribution in [0.4, 0.5) is 4.79 Å². The van der Waals surface area contributed by atoms with Crippen LogP contribution in [-0.4, -0.2) is 118 Å². The first kappa shape index (κ1) is 44.4. The van der Waals surface area contributed by atoms with Gasteiger partial charge < -0.3 is 29.2 Å². The minimum atomic E-state index is -1.00. The van der Waals surface area contributed by atoms with Crippen LogP contribution < -0.4 is 10.7 Å². The molecule has 14 nitrogen and oxygen atoms in total. The number of hydrogen-bond donors (Lipinski definition) is 2. The third kappa shape index (κ3) is 9.11. The van der Waals surface area contributed by atoms with E-state index >= 15 is 0 Å². The van der Waals surface area contributed by atoms with E-state index in [0.717, 1.165) is 45.7 Å². The van der Waals surface area contributed by atoms with E-state index in [4.69, 9.17) is 19.4 Å². The fraction of sp³-hybridized carbons (Fsp3) is 0.565. The van der Waals surface area contributed by atoms with Crippen LogP contribution in [-0.2, 0) is 43.2 Å². The molecule has 3 aliphatic rings. The van der Waals surface area contributed by atoms with E-state index in [9.17, 15) is 19.2 Å². The lowest BCUT2D eigenvalue weighted by Gasteiger charge is -2.42. The molecule has 2 N–H and O–H groups in total. The SMILES string of the molecule is CCn1c(-c2cccnc2[C@H](C)OC)c2c3cc(ccc31)-c1csc(n1)C[C@H](NC(=O)[C@H](C(C)C)N(C)C(=O)N1CC(OC)C1)C(=O)N1CCC[C@H](N1)C(=O)CCC(C)(C)C2. The summed E-state index contributed by atoms with van der Waals surface area (Å²) in [7, 11) is 4.95. The zero-order chi connectivity index (χ0) is 43.7. The van der Waals surface area contributed by atoms with E-state index in [-0.39, 0.29) is 47.7 Å². The molecule has 4 amide bonds. The van der Waals surface area contributed by atoms with Gasteiger partial charge in [0.1, 0.15) is 12.1 Å². The summed E-state index contributed by atoms with van der Waals surface area (Å²) in [6, 6.07) is 7.94. The fourth-order valence-corrected chi connectivity index (χ4v) is 10.1. The highest BCUT2D eigenvalue weighted by Crippen LogP contribution is 2.43. The standard InChI is InChI=1S/C46H62N8O6S/c1-10-53-37-16-15-29-21-32(37)33(42(53)31-13-11-19-47-40(31)28(4)59-8)23-46(5,6)18-17-38(55)34-14-12-20-54(50-34)44(57)35(22-39-48-36(29)26-61-39)49-43(56)41(27(2)3)51(7)45(58)52-24-30(25-52)60-9/h11,13,15-16,19,21,26-28,30,34-35,41,50H,10,12,14,17-18,20,22-25H2,1-9H3,(H,49,56)/t28-,34-,35-,41-/m0/s1. The van der Waals surface area contributed by atoms with Crippen molar-refractivity contribution in [2.24, 2.45) is 11.3 Å². The molecule has 4 atom stereocenters. The predicted octanol–water partition coefficient (Wildman–Crippen LogP) is 6.42. The van der Waals surface area contributed by atoms with Crippen molar-refractivity contribution >= 4 is 45.9 Å². The topological polar surface area (TPSA) is 151 Å². The number of nitrogens with zero attached hydrogens (tertiary/aromatic N) is 6. The van der Waals surface area contributed by atoms with Crippen LogP contribution in [0.3, 0.4) is 0 Å². The maximum atomic E-state index is 14.5. The molecular weight excluding hydrogens is 793 g/mol. The average Bonchev–Trinajstić information content (AvgIpc) is 3.82. The maximum absolute atomic E-state index is 14.5.